The lowest BCUT2D eigenvalue weighted by molar-refractivity contribution is -0.0507. The van der Waals surface area contributed by atoms with Crippen molar-refractivity contribution in [2.24, 2.45) is 0 Å². The van der Waals surface area contributed by atoms with Crippen molar-refractivity contribution in [3.05, 3.63) is 59.2 Å². The SMILES string of the molecule is Cc1cc2c(cc1F)nc1n2[C@H](c2ccccc2OC(F)F)C[C@@H]1O. The molecular weight excluding hydrogens is 333 g/mol. The second-order valence-electron chi connectivity index (χ2n) is 6.11. The lowest BCUT2D eigenvalue weighted by Gasteiger charge is -2.18. The molecule has 0 bridgehead atoms. The minimum Gasteiger partial charge on any atom is -0.434 e. The van der Waals surface area contributed by atoms with E-state index in [9.17, 15) is 18.3 Å². The Labute approximate surface area is 141 Å². The number of para-hydroxylation sites is 1. The average molecular weight is 348 g/mol. The molecule has 1 aliphatic rings. The van der Waals surface area contributed by atoms with Crippen molar-refractivity contribution in [2.45, 2.75) is 32.1 Å². The number of ether oxygens (including phenoxy) is 1. The Bertz CT molecular complexity index is 955. The van der Waals surface area contributed by atoms with E-state index in [2.05, 4.69) is 9.72 Å². The van der Waals surface area contributed by atoms with Crippen LogP contribution in [0.15, 0.2) is 36.4 Å². The Morgan fingerprint density at radius 1 is 1.28 bits per heavy atom. The summed E-state index contributed by atoms with van der Waals surface area (Å²) in [6, 6.07) is 9.04. The van der Waals surface area contributed by atoms with Crippen molar-refractivity contribution in [1.29, 1.82) is 0 Å². The summed E-state index contributed by atoms with van der Waals surface area (Å²) in [5.74, 6) is 0.0804. The molecule has 4 nitrogen and oxygen atoms in total. The zero-order valence-corrected chi connectivity index (χ0v) is 13.3. The molecule has 0 fully saturated rings. The van der Waals surface area contributed by atoms with Crippen LogP contribution in [-0.4, -0.2) is 21.3 Å². The maximum absolute atomic E-state index is 13.8. The molecular formula is C18H15F3N2O2. The number of rotatable bonds is 3. The number of aliphatic hydroxyl groups excluding tert-OH is 1. The number of benzene rings is 2. The van der Waals surface area contributed by atoms with Gasteiger partial charge < -0.3 is 14.4 Å². The normalized spacial score (nSPS) is 19.6. The van der Waals surface area contributed by atoms with Crippen LogP contribution < -0.4 is 4.74 Å². The molecule has 25 heavy (non-hydrogen) atoms. The molecule has 0 aliphatic carbocycles. The second-order valence-corrected chi connectivity index (χ2v) is 6.11. The number of aryl methyl sites for hydroxylation is 1. The number of nitrogens with zero attached hydrogens (tertiary/aromatic N) is 2. The number of imidazole rings is 1. The standard InChI is InChI=1S/C18H15F3N2O2/c1-9-6-14-12(7-11(9)19)22-17-15(24)8-13(23(14)17)10-4-2-3-5-16(10)25-18(20)21/h2-7,13,15,18,24H,8H2,1H3/t13-,15-/m0/s1. The Morgan fingerprint density at radius 2 is 2.04 bits per heavy atom. The van der Waals surface area contributed by atoms with Crippen molar-refractivity contribution >= 4 is 11.0 Å². The van der Waals surface area contributed by atoms with Crippen molar-refractivity contribution in [3.63, 3.8) is 0 Å². The lowest BCUT2D eigenvalue weighted by Crippen LogP contribution is -2.10. The van der Waals surface area contributed by atoms with Crippen LogP contribution in [0.5, 0.6) is 5.75 Å². The fourth-order valence-electron chi connectivity index (χ4n) is 3.45. The van der Waals surface area contributed by atoms with Gasteiger partial charge in [0.05, 0.1) is 17.1 Å². The highest BCUT2D eigenvalue weighted by molar-refractivity contribution is 5.78. The van der Waals surface area contributed by atoms with E-state index >= 15 is 0 Å². The number of hydrogen-bond donors (Lipinski definition) is 1. The molecule has 0 amide bonds. The van der Waals surface area contributed by atoms with Crippen molar-refractivity contribution in [1.82, 2.24) is 9.55 Å². The lowest BCUT2D eigenvalue weighted by atomic mass is 10.0. The quantitative estimate of drug-likeness (QED) is 0.775. The Kier molecular flexibility index (Phi) is 3.68. The molecule has 1 aliphatic heterocycles. The van der Waals surface area contributed by atoms with E-state index in [0.717, 1.165) is 0 Å². The van der Waals surface area contributed by atoms with E-state index in [-0.39, 0.29) is 18.0 Å². The minimum absolute atomic E-state index is 0.0585. The Balaban J connectivity index is 1.90. The molecule has 3 aromatic rings. The highest BCUT2D eigenvalue weighted by Crippen LogP contribution is 2.44. The Hall–Kier alpha value is -2.54. The molecule has 1 N–H and O–H groups in total. The van der Waals surface area contributed by atoms with Crippen molar-refractivity contribution in [3.8, 4) is 5.75 Å². The van der Waals surface area contributed by atoms with Crippen LogP contribution in [0.25, 0.3) is 11.0 Å². The van der Waals surface area contributed by atoms with Gasteiger partial charge in [-0.2, -0.15) is 8.78 Å². The van der Waals surface area contributed by atoms with Crippen LogP contribution in [0.4, 0.5) is 13.2 Å². The largest absolute Gasteiger partial charge is 0.434 e. The molecule has 2 aromatic carbocycles. The molecule has 0 saturated heterocycles. The van der Waals surface area contributed by atoms with E-state index in [0.29, 0.717) is 28.0 Å². The van der Waals surface area contributed by atoms with E-state index in [1.807, 2.05) is 0 Å². The van der Waals surface area contributed by atoms with Crippen LogP contribution in [0, 0.1) is 12.7 Å². The maximum atomic E-state index is 13.8. The third-order valence-electron chi connectivity index (χ3n) is 4.55. The summed E-state index contributed by atoms with van der Waals surface area (Å²) in [6.07, 6.45) is -0.571. The summed E-state index contributed by atoms with van der Waals surface area (Å²) in [5.41, 5.74) is 2.06. The smallest absolute Gasteiger partial charge is 0.387 e. The predicted octanol–water partition coefficient (Wildman–Crippen LogP) is 4.11. The van der Waals surface area contributed by atoms with E-state index in [1.54, 1.807) is 35.8 Å². The van der Waals surface area contributed by atoms with E-state index < -0.39 is 18.8 Å². The first kappa shape index (κ1) is 16.0. The van der Waals surface area contributed by atoms with Crippen LogP contribution in [0.1, 0.15) is 35.5 Å². The molecule has 0 saturated carbocycles. The fraction of sp³-hybridized carbons (Fsp3) is 0.278. The summed E-state index contributed by atoms with van der Waals surface area (Å²) in [4.78, 5) is 4.33. The Morgan fingerprint density at radius 3 is 2.80 bits per heavy atom. The zero-order valence-electron chi connectivity index (χ0n) is 13.3. The van der Waals surface area contributed by atoms with Gasteiger partial charge in [-0.15, -0.1) is 0 Å². The number of fused-ring (bicyclic) bond motifs is 3. The molecule has 0 spiro atoms. The zero-order chi connectivity index (χ0) is 17.7. The number of aliphatic hydroxyl groups is 1. The van der Waals surface area contributed by atoms with Crippen molar-refractivity contribution < 1.29 is 23.0 Å². The van der Waals surface area contributed by atoms with E-state index in [4.69, 9.17) is 0 Å². The fourth-order valence-corrected chi connectivity index (χ4v) is 3.45. The summed E-state index contributed by atoms with van der Waals surface area (Å²) in [5, 5.41) is 10.4. The first-order valence-electron chi connectivity index (χ1n) is 7.85. The van der Waals surface area contributed by atoms with Gasteiger partial charge in [0.1, 0.15) is 23.5 Å². The maximum Gasteiger partial charge on any atom is 0.387 e. The van der Waals surface area contributed by atoms with Gasteiger partial charge in [-0.1, -0.05) is 18.2 Å². The molecule has 1 aromatic heterocycles. The summed E-state index contributed by atoms with van der Waals surface area (Å²) >= 11 is 0. The van der Waals surface area contributed by atoms with Crippen LogP contribution in [-0.2, 0) is 0 Å². The van der Waals surface area contributed by atoms with Gasteiger partial charge in [0.2, 0.25) is 0 Å². The van der Waals surface area contributed by atoms with Crippen LogP contribution in [0.3, 0.4) is 0 Å². The molecule has 2 atom stereocenters. The van der Waals surface area contributed by atoms with Gasteiger partial charge >= 0.3 is 6.61 Å². The first-order valence-corrected chi connectivity index (χ1v) is 7.85. The van der Waals surface area contributed by atoms with Gasteiger partial charge in [0, 0.05) is 18.1 Å². The summed E-state index contributed by atoms with van der Waals surface area (Å²) < 4.78 is 45.7. The van der Waals surface area contributed by atoms with Gasteiger partial charge in [-0.3, -0.25) is 0 Å². The van der Waals surface area contributed by atoms with Gasteiger partial charge in [0.25, 0.3) is 0 Å². The molecule has 7 heteroatoms. The third-order valence-corrected chi connectivity index (χ3v) is 4.55. The van der Waals surface area contributed by atoms with E-state index in [1.165, 1.54) is 12.1 Å². The summed E-state index contributed by atoms with van der Waals surface area (Å²) in [7, 11) is 0. The molecule has 0 radical (unpaired) electrons. The number of halogens is 3. The van der Waals surface area contributed by atoms with Gasteiger partial charge in [-0.25, -0.2) is 9.37 Å². The average Bonchev–Trinajstić information content (AvgIpc) is 3.06. The van der Waals surface area contributed by atoms with Crippen molar-refractivity contribution in [2.75, 3.05) is 0 Å². The van der Waals surface area contributed by atoms with Crippen LogP contribution in [0.2, 0.25) is 0 Å². The predicted molar refractivity (Wildman–Crippen MR) is 85.2 cm³/mol. The molecule has 4 rings (SSSR count). The highest BCUT2D eigenvalue weighted by atomic mass is 19.3. The van der Waals surface area contributed by atoms with Gasteiger partial charge in [0.15, 0.2) is 0 Å². The van der Waals surface area contributed by atoms with Gasteiger partial charge in [-0.05, 0) is 24.6 Å². The minimum atomic E-state index is -2.94. The highest BCUT2D eigenvalue weighted by Gasteiger charge is 2.35. The summed E-state index contributed by atoms with van der Waals surface area (Å²) in [6.45, 7) is -1.30. The topological polar surface area (TPSA) is 47.3 Å². The monoisotopic (exact) mass is 348 g/mol. The number of alkyl halides is 2. The second kappa shape index (κ2) is 5.77. The molecule has 130 valence electrons. The molecule has 0 unspecified atom stereocenters. The molecule has 2 heterocycles. The number of hydrogen-bond acceptors (Lipinski definition) is 3. The number of aromatic nitrogens is 2. The van der Waals surface area contributed by atoms with Crippen LogP contribution >= 0.6 is 0 Å². The third kappa shape index (κ3) is 2.55. The first-order chi connectivity index (χ1) is 12.0.